The van der Waals surface area contributed by atoms with Crippen LogP contribution in [0.15, 0.2) is 18.3 Å². The van der Waals surface area contributed by atoms with Crippen LogP contribution in [-0.2, 0) is 0 Å². The fraction of sp³-hybridized carbons (Fsp3) is 0.667. The van der Waals surface area contributed by atoms with Gasteiger partial charge >= 0.3 is 0 Å². The third-order valence-corrected chi connectivity index (χ3v) is 4.12. The zero-order valence-corrected chi connectivity index (χ0v) is 14.6. The topological polar surface area (TPSA) is 62.7 Å². The Morgan fingerprint density at radius 1 is 1.35 bits per heavy atom. The fourth-order valence-electron chi connectivity index (χ4n) is 2.94. The Labute approximate surface area is 138 Å². The van der Waals surface area contributed by atoms with E-state index in [9.17, 15) is 9.90 Å². The van der Waals surface area contributed by atoms with Gasteiger partial charge < -0.3 is 14.7 Å². The van der Waals surface area contributed by atoms with Gasteiger partial charge in [-0.3, -0.25) is 4.79 Å². The number of rotatable bonds is 4. The molecule has 5 nitrogen and oxygen atoms in total. The lowest BCUT2D eigenvalue weighted by molar-refractivity contribution is 0.0451. The Balaban J connectivity index is 1.96. The van der Waals surface area contributed by atoms with Crippen LogP contribution in [0.2, 0.25) is 0 Å². The highest BCUT2D eigenvalue weighted by Gasteiger charge is 2.26. The van der Waals surface area contributed by atoms with Crippen LogP contribution in [0.1, 0.15) is 56.8 Å². The minimum atomic E-state index is -0.313. The van der Waals surface area contributed by atoms with Crippen molar-refractivity contribution in [1.82, 2.24) is 9.88 Å². The molecule has 1 aliphatic rings. The van der Waals surface area contributed by atoms with Gasteiger partial charge in [0.1, 0.15) is 5.60 Å². The van der Waals surface area contributed by atoms with E-state index in [1.165, 1.54) is 0 Å². The molecule has 1 aromatic heterocycles. The maximum Gasteiger partial charge on any atom is 0.255 e. The van der Waals surface area contributed by atoms with E-state index in [4.69, 9.17) is 4.74 Å². The van der Waals surface area contributed by atoms with Crippen LogP contribution in [0.4, 0.5) is 0 Å². The van der Waals surface area contributed by atoms with E-state index in [1.807, 2.05) is 20.8 Å². The number of amides is 1. The van der Waals surface area contributed by atoms with Gasteiger partial charge in [-0.05, 0) is 39.7 Å². The van der Waals surface area contributed by atoms with Gasteiger partial charge in [0.2, 0.25) is 5.88 Å². The van der Waals surface area contributed by atoms with Gasteiger partial charge in [0.25, 0.3) is 5.91 Å². The van der Waals surface area contributed by atoms with Gasteiger partial charge in [-0.2, -0.15) is 0 Å². The van der Waals surface area contributed by atoms with Gasteiger partial charge in [0.05, 0.1) is 11.7 Å². The van der Waals surface area contributed by atoms with Crippen molar-refractivity contribution in [3.63, 3.8) is 0 Å². The number of nitrogens with zero attached hydrogens (tertiary/aromatic N) is 2. The zero-order valence-electron chi connectivity index (χ0n) is 14.6. The Kier molecular flexibility index (Phi) is 5.63. The lowest BCUT2D eigenvalue weighted by atomic mass is 9.86. The normalized spacial score (nSPS) is 21.8. The molecule has 2 unspecified atom stereocenters. The highest BCUT2D eigenvalue weighted by atomic mass is 16.5. The van der Waals surface area contributed by atoms with Gasteiger partial charge in [0, 0.05) is 31.8 Å². The maximum atomic E-state index is 12.5. The molecule has 0 radical (unpaired) electrons. The van der Waals surface area contributed by atoms with Crippen molar-refractivity contribution in [3.05, 3.63) is 23.9 Å². The maximum absolute atomic E-state index is 12.5. The number of aliphatic hydroxyl groups excluding tert-OH is 1. The molecule has 1 aliphatic carbocycles. The van der Waals surface area contributed by atoms with Crippen molar-refractivity contribution in [1.29, 1.82) is 0 Å². The predicted octanol–water partition coefficient (Wildman–Crippen LogP) is 2.88. The number of ether oxygens (including phenoxy) is 1. The Morgan fingerprint density at radius 2 is 2.04 bits per heavy atom. The van der Waals surface area contributed by atoms with Crippen molar-refractivity contribution in [2.24, 2.45) is 5.92 Å². The average molecular weight is 320 g/mol. The molecule has 2 rings (SSSR count). The number of carbonyl (C=O) groups excluding carboxylic acids is 1. The summed E-state index contributed by atoms with van der Waals surface area (Å²) in [6, 6.07) is 3.46. The summed E-state index contributed by atoms with van der Waals surface area (Å²) in [4.78, 5) is 18.4. The molecule has 1 aromatic rings. The molecule has 1 heterocycles. The average Bonchev–Trinajstić information content (AvgIpc) is 2.48. The number of pyridine rings is 1. The fourth-order valence-corrected chi connectivity index (χ4v) is 2.94. The number of aliphatic hydroxyl groups is 1. The molecule has 1 amide bonds. The first-order valence-corrected chi connectivity index (χ1v) is 8.35. The Morgan fingerprint density at radius 3 is 2.61 bits per heavy atom. The van der Waals surface area contributed by atoms with Crippen LogP contribution in [0.3, 0.4) is 0 Å². The first-order chi connectivity index (χ1) is 10.8. The van der Waals surface area contributed by atoms with Crippen LogP contribution in [0.5, 0.6) is 5.88 Å². The van der Waals surface area contributed by atoms with E-state index in [2.05, 4.69) is 4.98 Å². The molecule has 0 saturated heterocycles. The van der Waals surface area contributed by atoms with Gasteiger partial charge in [-0.25, -0.2) is 4.98 Å². The van der Waals surface area contributed by atoms with Crippen molar-refractivity contribution >= 4 is 5.91 Å². The zero-order chi connectivity index (χ0) is 17.0. The number of hydrogen-bond acceptors (Lipinski definition) is 4. The van der Waals surface area contributed by atoms with Crippen LogP contribution in [0.25, 0.3) is 0 Å². The summed E-state index contributed by atoms with van der Waals surface area (Å²) in [6.07, 6.45) is 5.29. The second-order valence-corrected chi connectivity index (χ2v) is 7.40. The molecule has 128 valence electrons. The van der Waals surface area contributed by atoms with E-state index in [0.717, 1.165) is 25.7 Å². The van der Waals surface area contributed by atoms with Crippen LogP contribution < -0.4 is 4.74 Å². The summed E-state index contributed by atoms with van der Waals surface area (Å²) >= 11 is 0. The molecule has 1 fully saturated rings. The minimum absolute atomic E-state index is 0.0717. The summed E-state index contributed by atoms with van der Waals surface area (Å²) in [7, 11) is 1.78. The smallest absolute Gasteiger partial charge is 0.255 e. The predicted molar refractivity (Wildman–Crippen MR) is 89.5 cm³/mol. The van der Waals surface area contributed by atoms with Crippen LogP contribution >= 0.6 is 0 Å². The van der Waals surface area contributed by atoms with Crippen LogP contribution in [-0.4, -0.2) is 46.2 Å². The van der Waals surface area contributed by atoms with Crippen molar-refractivity contribution in [3.8, 4) is 5.88 Å². The second-order valence-electron chi connectivity index (χ2n) is 7.40. The molecule has 0 aromatic carbocycles. The highest BCUT2D eigenvalue weighted by Crippen LogP contribution is 2.25. The van der Waals surface area contributed by atoms with Gasteiger partial charge in [-0.1, -0.05) is 12.8 Å². The first-order valence-electron chi connectivity index (χ1n) is 8.35. The van der Waals surface area contributed by atoms with Gasteiger partial charge in [-0.15, -0.1) is 0 Å². The Hall–Kier alpha value is -1.62. The van der Waals surface area contributed by atoms with E-state index < -0.39 is 0 Å². The summed E-state index contributed by atoms with van der Waals surface area (Å²) in [5, 5.41) is 10.0. The largest absolute Gasteiger partial charge is 0.472 e. The third-order valence-electron chi connectivity index (χ3n) is 4.12. The molecule has 1 N–H and O–H groups in total. The van der Waals surface area contributed by atoms with Gasteiger partial charge in [0.15, 0.2) is 0 Å². The second kappa shape index (κ2) is 7.30. The Bertz CT molecular complexity index is 522. The molecule has 0 aliphatic heterocycles. The van der Waals surface area contributed by atoms with E-state index in [1.54, 1.807) is 30.3 Å². The molecule has 0 bridgehead atoms. The minimum Gasteiger partial charge on any atom is -0.472 e. The molecular weight excluding hydrogens is 292 g/mol. The summed E-state index contributed by atoms with van der Waals surface area (Å²) < 4.78 is 5.66. The first kappa shape index (κ1) is 17.7. The standard InChI is InChI=1S/C18H28N2O3/c1-18(2,3)23-16-10-9-13(11-19-16)17(22)20(4)12-14-7-5-6-8-15(14)21/h9-11,14-15,21H,5-8,12H2,1-4H3. The molecule has 0 spiro atoms. The monoisotopic (exact) mass is 320 g/mol. The van der Waals surface area contributed by atoms with Crippen molar-refractivity contribution in [2.45, 2.75) is 58.2 Å². The third kappa shape index (κ3) is 5.20. The SMILES string of the molecule is CN(CC1CCCCC1O)C(=O)c1ccc(OC(C)(C)C)nc1. The molecular formula is C18H28N2O3. The summed E-state index contributed by atoms with van der Waals surface area (Å²) in [6.45, 7) is 6.45. The number of hydrogen-bond donors (Lipinski definition) is 1. The van der Waals surface area contributed by atoms with E-state index >= 15 is 0 Å². The number of aromatic nitrogens is 1. The van der Waals surface area contributed by atoms with Crippen LogP contribution in [0, 0.1) is 5.92 Å². The quantitative estimate of drug-likeness (QED) is 0.926. The lowest BCUT2D eigenvalue weighted by Gasteiger charge is -2.31. The molecule has 2 atom stereocenters. The van der Waals surface area contributed by atoms with Crippen molar-refractivity contribution in [2.75, 3.05) is 13.6 Å². The lowest BCUT2D eigenvalue weighted by Crippen LogP contribution is -2.38. The number of carbonyl (C=O) groups is 1. The highest BCUT2D eigenvalue weighted by molar-refractivity contribution is 5.93. The molecule has 23 heavy (non-hydrogen) atoms. The molecule has 1 saturated carbocycles. The van der Waals surface area contributed by atoms with Crippen molar-refractivity contribution < 1.29 is 14.6 Å². The summed E-state index contributed by atoms with van der Waals surface area (Å²) in [5.41, 5.74) is 0.228. The molecule has 5 heteroatoms. The summed E-state index contributed by atoms with van der Waals surface area (Å²) in [5.74, 6) is 0.617. The van der Waals surface area contributed by atoms with E-state index in [0.29, 0.717) is 18.0 Å². The van der Waals surface area contributed by atoms with E-state index in [-0.39, 0.29) is 23.5 Å².